The number of carbonyl (C=O) groups is 1. The number of unbranched alkanes of at least 4 members (excludes halogenated alkanes) is 1. The summed E-state index contributed by atoms with van der Waals surface area (Å²) in [6.45, 7) is 5.30. The molecule has 0 N–H and O–H groups in total. The minimum atomic E-state index is 0. The van der Waals surface area contributed by atoms with Crippen LogP contribution in [0.15, 0.2) is 0 Å². The second-order valence-electron chi connectivity index (χ2n) is 2.43. The Morgan fingerprint density at radius 2 is 2.31 bits per heavy atom. The van der Waals surface area contributed by atoms with Gasteiger partial charge in [-0.05, 0) is 5.92 Å². The van der Waals surface area contributed by atoms with Crippen LogP contribution in [0, 0.1) is 19.3 Å². The summed E-state index contributed by atoms with van der Waals surface area (Å²) in [5.74, 6) is 0.00482. The van der Waals surface area contributed by atoms with E-state index in [2.05, 4.69) is 11.7 Å². The van der Waals surface area contributed by atoms with Crippen molar-refractivity contribution in [3.63, 3.8) is 0 Å². The molecule has 0 saturated carbocycles. The molecule has 0 rings (SSSR count). The van der Waals surface area contributed by atoms with Crippen LogP contribution in [0.1, 0.15) is 19.3 Å². The Labute approximate surface area is 91.4 Å². The number of ether oxygens (including phenoxy) is 1. The van der Waals surface area contributed by atoms with Crippen LogP contribution in [0.4, 0.5) is 0 Å². The summed E-state index contributed by atoms with van der Waals surface area (Å²) in [5.41, 5.74) is 0. The maximum absolute atomic E-state index is 10.3. The van der Waals surface area contributed by atoms with Crippen molar-refractivity contribution < 1.29 is 33.2 Å². The van der Waals surface area contributed by atoms with E-state index in [1.54, 1.807) is 0 Å². The first-order valence-corrected chi connectivity index (χ1v) is 3.90. The standard InChI is InChI=1S/C9H13O3.Li/c1-2-9(7-10)5-3-4-6-12-8-11;/h3,7,9H,1-2,4-6H2;/q-3;+1/t9-;/m0./s1. The molecule has 0 aliphatic rings. The van der Waals surface area contributed by atoms with E-state index in [9.17, 15) is 9.59 Å². The van der Waals surface area contributed by atoms with Crippen LogP contribution in [0.3, 0.4) is 0 Å². The zero-order valence-corrected chi connectivity index (χ0v) is 7.99. The fourth-order valence-electron chi connectivity index (χ4n) is 0.757. The van der Waals surface area contributed by atoms with Gasteiger partial charge in [-0.3, -0.25) is 0 Å². The van der Waals surface area contributed by atoms with Crippen molar-refractivity contribution in [2.45, 2.75) is 19.3 Å². The first-order chi connectivity index (χ1) is 5.85. The third-order valence-corrected chi connectivity index (χ3v) is 1.52. The molecule has 1 atom stereocenters. The second kappa shape index (κ2) is 11.7. The van der Waals surface area contributed by atoms with Gasteiger partial charge in [0.2, 0.25) is 0 Å². The van der Waals surface area contributed by atoms with E-state index < -0.39 is 0 Å². The molecular weight excluding hydrogens is 163 g/mol. The predicted octanol–water partition coefficient (Wildman–Crippen LogP) is -1.90. The van der Waals surface area contributed by atoms with Gasteiger partial charge >= 0.3 is 18.9 Å². The third-order valence-electron chi connectivity index (χ3n) is 1.52. The summed E-state index contributed by atoms with van der Waals surface area (Å²) in [6, 6.07) is 0. The Bertz CT molecular complexity index is 128. The minimum Gasteiger partial charge on any atom is -0.654 e. The first-order valence-electron chi connectivity index (χ1n) is 3.90. The first kappa shape index (κ1) is 15.2. The van der Waals surface area contributed by atoms with E-state index in [0.29, 0.717) is 25.9 Å². The fourth-order valence-corrected chi connectivity index (χ4v) is 0.757. The quantitative estimate of drug-likeness (QED) is 0.188. The molecule has 0 spiro atoms. The second-order valence-corrected chi connectivity index (χ2v) is 2.43. The van der Waals surface area contributed by atoms with Crippen molar-refractivity contribution in [3.8, 4) is 0 Å². The van der Waals surface area contributed by atoms with Crippen LogP contribution in [0.2, 0.25) is 0 Å². The number of carbonyl (C=O) groups excluding carboxylic acids is 2. The molecule has 0 aliphatic carbocycles. The SMILES string of the molecule is [CH2-]C[C@H](C=O)C[CH-]CCO[C-]=O.[Li+]. The summed E-state index contributed by atoms with van der Waals surface area (Å²) in [6.07, 6.45) is 4.80. The molecule has 0 aromatic rings. The van der Waals surface area contributed by atoms with Gasteiger partial charge in [-0.25, -0.2) is 0 Å². The molecule has 4 heteroatoms. The smallest absolute Gasteiger partial charge is 0.654 e. The van der Waals surface area contributed by atoms with Gasteiger partial charge in [0.1, 0.15) is 6.29 Å². The van der Waals surface area contributed by atoms with Crippen LogP contribution in [0.25, 0.3) is 0 Å². The van der Waals surface area contributed by atoms with E-state index in [-0.39, 0.29) is 24.8 Å². The maximum Gasteiger partial charge on any atom is 1.00 e. The molecule has 0 aromatic heterocycles. The molecular formula is C9H13LiO3-2. The Balaban J connectivity index is 0. The Kier molecular flexibility index (Phi) is 13.7. The number of aldehydes is 1. The summed E-state index contributed by atoms with van der Waals surface area (Å²) >= 11 is 0. The molecule has 3 nitrogen and oxygen atoms in total. The van der Waals surface area contributed by atoms with Crippen LogP contribution in [-0.4, -0.2) is 19.4 Å². The molecule has 13 heavy (non-hydrogen) atoms. The van der Waals surface area contributed by atoms with Crippen molar-refractivity contribution in [2.75, 3.05) is 6.61 Å². The average Bonchev–Trinajstić information content (AvgIpc) is 2.11. The molecule has 0 amide bonds. The van der Waals surface area contributed by atoms with Gasteiger partial charge in [-0.2, -0.15) is 12.8 Å². The molecule has 0 aromatic carbocycles. The van der Waals surface area contributed by atoms with Crippen molar-refractivity contribution in [3.05, 3.63) is 13.3 Å². The largest absolute Gasteiger partial charge is 1.00 e. The molecule has 0 saturated heterocycles. The van der Waals surface area contributed by atoms with Crippen LogP contribution >= 0.6 is 0 Å². The summed E-state index contributed by atoms with van der Waals surface area (Å²) in [4.78, 5) is 19.9. The number of hydrogen-bond acceptors (Lipinski definition) is 3. The van der Waals surface area contributed by atoms with E-state index >= 15 is 0 Å². The summed E-state index contributed by atoms with van der Waals surface area (Å²) < 4.78 is 4.34. The molecule has 0 unspecified atom stereocenters. The third kappa shape index (κ3) is 9.65. The predicted molar refractivity (Wildman–Crippen MR) is 44.7 cm³/mol. The van der Waals surface area contributed by atoms with Gasteiger partial charge in [0, 0.05) is 6.61 Å². The summed E-state index contributed by atoms with van der Waals surface area (Å²) in [5, 5.41) is 0. The van der Waals surface area contributed by atoms with Gasteiger partial charge in [0.05, 0.1) is 0 Å². The van der Waals surface area contributed by atoms with Crippen LogP contribution in [-0.2, 0) is 14.3 Å². The topological polar surface area (TPSA) is 43.4 Å². The molecule has 70 valence electrons. The van der Waals surface area contributed by atoms with Crippen molar-refractivity contribution in [2.24, 2.45) is 5.92 Å². The van der Waals surface area contributed by atoms with Gasteiger partial charge in [0.15, 0.2) is 0 Å². The van der Waals surface area contributed by atoms with E-state index in [0.717, 1.165) is 6.29 Å². The Morgan fingerprint density at radius 3 is 2.77 bits per heavy atom. The Morgan fingerprint density at radius 1 is 1.62 bits per heavy atom. The van der Waals surface area contributed by atoms with Crippen molar-refractivity contribution >= 4 is 12.8 Å². The average molecular weight is 176 g/mol. The van der Waals surface area contributed by atoms with Crippen molar-refractivity contribution in [1.29, 1.82) is 0 Å². The van der Waals surface area contributed by atoms with E-state index in [1.807, 2.05) is 6.42 Å². The number of hydrogen-bond donors (Lipinski definition) is 0. The fraction of sp³-hybridized carbons (Fsp3) is 0.556. The molecule has 0 radical (unpaired) electrons. The van der Waals surface area contributed by atoms with Gasteiger partial charge in [-0.1, -0.05) is 6.47 Å². The van der Waals surface area contributed by atoms with E-state index in [4.69, 9.17) is 0 Å². The zero-order valence-electron chi connectivity index (χ0n) is 7.99. The normalized spacial score (nSPS) is 11.2. The summed E-state index contributed by atoms with van der Waals surface area (Å²) in [7, 11) is 0. The molecule has 0 fully saturated rings. The Hall–Kier alpha value is -0.263. The monoisotopic (exact) mass is 176 g/mol. The van der Waals surface area contributed by atoms with E-state index in [1.165, 1.54) is 6.47 Å². The molecule has 0 bridgehead atoms. The van der Waals surface area contributed by atoms with Gasteiger partial charge in [0.25, 0.3) is 0 Å². The van der Waals surface area contributed by atoms with Crippen molar-refractivity contribution in [1.82, 2.24) is 0 Å². The van der Waals surface area contributed by atoms with Crippen LogP contribution < -0.4 is 18.9 Å². The van der Waals surface area contributed by atoms with Gasteiger partial charge < -0.3 is 27.7 Å². The molecule has 0 aliphatic heterocycles. The number of rotatable bonds is 8. The zero-order chi connectivity index (χ0) is 9.23. The van der Waals surface area contributed by atoms with Gasteiger partial charge in [-0.15, -0.1) is 6.42 Å². The van der Waals surface area contributed by atoms with Crippen LogP contribution in [0.5, 0.6) is 0 Å². The molecule has 0 heterocycles. The minimum absolute atomic E-state index is 0. The maximum atomic E-state index is 10.3.